The highest BCUT2D eigenvalue weighted by atomic mass is 16.5. The van der Waals surface area contributed by atoms with E-state index >= 15 is 0 Å². The predicted molar refractivity (Wildman–Crippen MR) is 103 cm³/mol. The summed E-state index contributed by atoms with van der Waals surface area (Å²) in [5.74, 6) is -0.632. The highest BCUT2D eigenvalue weighted by molar-refractivity contribution is 5.96. The molecule has 0 radical (unpaired) electrons. The molecule has 2 aromatic rings. The van der Waals surface area contributed by atoms with Crippen LogP contribution >= 0.6 is 0 Å². The Morgan fingerprint density at radius 1 is 1.00 bits per heavy atom. The average Bonchev–Trinajstić information content (AvgIpc) is 2.70. The average molecular weight is 367 g/mol. The largest absolute Gasteiger partial charge is 0.490 e. The van der Waals surface area contributed by atoms with Crippen molar-refractivity contribution in [1.82, 2.24) is 5.32 Å². The maximum Gasteiger partial charge on any atom is 0.326 e. The maximum atomic E-state index is 12.2. The first-order valence-corrected chi connectivity index (χ1v) is 9.46. The number of benzene rings is 2. The molecule has 1 atom stereocenters. The van der Waals surface area contributed by atoms with Gasteiger partial charge in [-0.25, -0.2) is 4.79 Å². The molecule has 1 aliphatic rings. The van der Waals surface area contributed by atoms with Gasteiger partial charge in [0.05, 0.1) is 6.10 Å². The van der Waals surface area contributed by atoms with E-state index in [4.69, 9.17) is 4.74 Å². The van der Waals surface area contributed by atoms with Crippen LogP contribution in [0.2, 0.25) is 0 Å². The molecule has 0 bridgehead atoms. The van der Waals surface area contributed by atoms with E-state index in [9.17, 15) is 14.7 Å². The van der Waals surface area contributed by atoms with Crippen molar-refractivity contribution in [2.75, 3.05) is 0 Å². The van der Waals surface area contributed by atoms with Crippen molar-refractivity contribution in [3.8, 4) is 5.75 Å². The summed E-state index contributed by atoms with van der Waals surface area (Å²) >= 11 is 0. The number of hydrogen-bond acceptors (Lipinski definition) is 3. The molecule has 1 aliphatic carbocycles. The summed E-state index contributed by atoms with van der Waals surface area (Å²) < 4.78 is 6.00. The van der Waals surface area contributed by atoms with Gasteiger partial charge >= 0.3 is 5.97 Å². The van der Waals surface area contributed by atoms with Gasteiger partial charge in [-0.3, -0.25) is 4.79 Å². The van der Waals surface area contributed by atoms with Crippen molar-refractivity contribution in [2.24, 2.45) is 0 Å². The number of amides is 1. The smallest absolute Gasteiger partial charge is 0.326 e. The standard InChI is InChI=1S/C22H25NO4/c24-21(17-7-3-1-4-8-17)23-20(22(25)26)15-16-11-13-19(14-12-16)27-18-9-5-2-6-10-18/h1,3-4,7-8,11-14,18,20H,2,5-6,9-10,15H2,(H,23,24)(H,25,26). The van der Waals surface area contributed by atoms with Gasteiger partial charge in [0, 0.05) is 12.0 Å². The Balaban J connectivity index is 1.59. The van der Waals surface area contributed by atoms with Crippen molar-refractivity contribution in [2.45, 2.75) is 50.7 Å². The summed E-state index contributed by atoms with van der Waals surface area (Å²) in [4.78, 5) is 23.8. The summed E-state index contributed by atoms with van der Waals surface area (Å²) in [6.07, 6.45) is 6.39. The number of hydrogen-bond donors (Lipinski definition) is 2. The zero-order chi connectivity index (χ0) is 19.1. The number of carbonyl (C=O) groups excluding carboxylic acids is 1. The minimum absolute atomic E-state index is 0.220. The number of carboxylic acids is 1. The molecule has 0 aliphatic heterocycles. The van der Waals surface area contributed by atoms with Crippen molar-refractivity contribution < 1.29 is 19.4 Å². The quantitative estimate of drug-likeness (QED) is 0.780. The van der Waals surface area contributed by atoms with Gasteiger partial charge in [-0.1, -0.05) is 36.8 Å². The molecule has 2 aromatic carbocycles. The molecule has 3 rings (SSSR count). The second-order valence-electron chi connectivity index (χ2n) is 6.96. The molecule has 27 heavy (non-hydrogen) atoms. The number of aliphatic carboxylic acids is 1. The Morgan fingerprint density at radius 2 is 1.67 bits per heavy atom. The zero-order valence-corrected chi connectivity index (χ0v) is 15.3. The van der Waals surface area contributed by atoms with Gasteiger partial charge in [-0.15, -0.1) is 0 Å². The lowest BCUT2D eigenvalue weighted by atomic mass is 9.98. The van der Waals surface area contributed by atoms with E-state index in [-0.39, 0.29) is 18.4 Å². The summed E-state index contributed by atoms with van der Waals surface area (Å²) in [6.45, 7) is 0. The van der Waals surface area contributed by atoms with Gasteiger partial charge in [-0.2, -0.15) is 0 Å². The number of ether oxygens (including phenoxy) is 1. The third-order valence-corrected chi connectivity index (χ3v) is 4.86. The first-order chi connectivity index (χ1) is 13.1. The van der Waals surface area contributed by atoms with Crippen LogP contribution < -0.4 is 10.1 Å². The Morgan fingerprint density at radius 3 is 2.30 bits per heavy atom. The second-order valence-corrected chi connectivity index (χ2v) is 6.96. The van der Waals surface area contributed by atoms with Crippen LogP contribution in [0.4, 0.5) is 0 Å². The van der Waals surface area contributed by atoms with Crippen LogP contribution in [0, 0.1) is 0 Å². The second kappa shape index (κ2) is 9.21. The number of rotatable bonds is 7. The van der Waals surface area contributed by atoms with Crippen LogP contribution in [-0.4, -0.2) is 29.1 Å². The molecule has 5 heteroatoms. The Labute approximate surface area is 159 Å². The highest BCUT2D eigenvalue weighted by Gasteiger charge is 2.21. The van der Waals surface area contributed by atoms with Crippen molar-refractivity contribution >= 4 is 11.9 Å². The van der Waals surface area contributed by atoms with Crippen LogP contribution in [-0.2, 0) is 11.2 Å². The van der Waals surface area contributed by atoms with Gasteiger partial charge in [0.1, 0.15) is 11.8 Å². The van der Waals surface area contributed by atoms with Crippen LogP contribution in [0.3, 0.4) is 0 Å². The number of nitrogens with one attached hydrogen (secondary N) is 1. The molecule has 0 heterocycles. The van der Waals surface area contributed by atoms with Gasteiger partial charge in [0.15, 0.2) is 0 Å². The first kappa shape index (κ1) is 19.0. The number of carboxylic acid groups (broad SMARTS) is 1. The minimum atomic E-state index is -1.05. The molecule has 1 fully saturated rings. The number of carbonyl (C=O) groups is 2. The molecule has 5 nitrogen and oxygen atoms in total. The van der Waals surface area contributed by atoms with E-state index in [0.717, 1.165) is 24.2 Å². The van der Waals surface area contributed by atoms with E-state index in [1.54, 1.807) is 24.3 Å². The topological polar surface area (TPSA) is 75.6 Å². The maximum absolute atomic E-state index is 12.2. The molecule has 0 saturated heterocycles. The Hall–Kier alpha value is -2.82. The van der Waals surface area contributed by atoms with Crippen LogP contribution in [0.25, 0.3) is 0 Å². The Kier molecular flexibility index (Phi) is 6.47. The van der Waals surface area contributed by atoms with E-state index in [2.05, 4.69) is 5.32 Å². The van der Waals surface area contributed by atoms with Gasteiger partial charge < -0.3 is 15.2 Å². The van der Waals surface area contributed by atoms with E-state index in [1.165, 1.54) is 19.3 Å². The molecule has 1 saturated carbocycles. The molecule has 2 N–H and O–H groups in total. The fourth-order valence-electron chi connectivity index (χ4n) is 3.35. The van der Waals surface area contributed by atoms with Crippen LogP contribution in [0.15, 0.2) is 54.6 Å². The highest BCUT2D eigenvalue weighted by Crippen LogP contribution is 2.23. The third-order valence-electron chi connectivity index (χ3n) is 4.86. The van der Waals surface area contributed by atoms with Crippen molar-refractivity contribution in [3.63, 3.8) is 0 Å². The van der Waals surface area contributed by atoms with Crippen molar-refractivity contribution in [1.29, 1.82) is 0 Å². The van der Waals surface area contributed by atoms with Gasteiger partial charge in [0.2, 0.25) is 0 Å². The van der Waals surface area contributed by atoms with E-state index in [0.29, 0.717) is 5.56 Å². The van der Waals surface area contributed by atoms with Gasteiger partial charge in [0.25, 0.3) is 5.91 Å². The van der Waals surface area contributed by atoms with Crippen molar-refractivity contribution in [3.05, 3.63) is 65.7 Å². The summed E-state index contributed by atoms with van der Waals surface area (Å²) in [6, 6.07) is 15.1. The summed E-state index contributed by atoms with van der Waals surface area (Å²) in [7, 11) is 0. The molecule has 142 valence electrons. The van der Waals surface area contributed by atoms with Gasteiger partial charge in [-0.05, 0) is 55.5 Å². The summed E-state index contributed by atoms with van der Waals surface area (Å²) in [5.41, 5.74) is 1.28. The van der Waals surface area contributed by atoms with Crippen LogP contribution in [0.5, 0.6) is 5.75 Å². The molecule has 1 unspecified atom stereocenters. The predicted octanol–water partition coefficient (Wildman–Crippen LogP) is 3.82. The fraction of sp³-hybridized carbons (Fsp3) is 0.364. The SMILES string of the molecule is O=C(NC(Cc1ccc(OC2CCCCC2)cc1)C(=O)O)c1ccccc1. The Bertz CT molecular complexity index is 752. The first-order valence-electron chi connectivity index (χ1n) is 9.46. The van der Waals surface area contributed by atoms with E-state index < -0.39 is 12.0 Å². The molecule has 0 spiro atoms. The lowest BCUT2D eigenvalue weighted by Crippen LogP contribution is -2.42. The normalized spacial score (nSPS) is 15.7. The monoisotopic (exact) mass is 367 g/mol. The molecular formula is C22H25NO4. The minimum Gasteiger partial charge on any atom is -0.490 e. The molecule has 1 amide bonds. The summed E-state index contributed by atoms with van der Waals surface area (Å²) in [5, 5.41) is 12.1. The lowest BCUT2D eigenvalue weighted by Gasteiger charge is -2.23. The van der Waals surface area contributed by atoms with E-state index in [1.807, 2.05) is 30.3 Å². The third kappa shape index (κ3) is 5.58. The zero-order valence-electron chi connectivity index (χ0n) is 15.3. The fourth-order valence-corrected chi connectivity index (χ4v) is 3.35. The lowest BCUT2D eigenvalue weighted by molar-refractivity contribution is -0.139. The molecular weight excluding hydrogens is 342 g/mol. The van der Waals surface area contributed by atoms with Crippen LogP contribution in [0.1, 0.15) is 48.0 Å². The molecule has 0 aromatic heterocycles.